The zero-order valence-corrected chi connectivity index (χ0v) is 4.54. The number of hydrogen-bond acceptors (Lipinski definition) is 0. The van der Waals surface area contributed by atoms with Crippen molar-refractivity contribution < 1.29 is 0 Å². The number of unbranched alkanes of at least 4 members (excludes halogenated alkanes) is 3. The van der Waals surface area contributed by atoms with Crippen molar-refractivity contribution in [3.8, 4) is 0 Å². The van der Waals surface area contributed by atoms with Gasteiger partial charge in [-0.1, -0.05) is 39.5 Å². The van der Waals surface area contributed by atoms with Gasteiger partial charge in [0.1, 0.15) is 0 Å². The average Bonchev–Trinajstić information content (AvgIpc) is 1.61. The zero-order valence-electron chi connectivity index (χ0n) is 4.54. The number of rotatable bonds is 3. The van der Waals surface area contributed by atoms with Crippen LogP contribution in [0.3, 0.4) is 0 Å². The molecule has 0 rings (SSSR count). The van der Waals surface area contributed by atoms with Crippen LogP contribution in [0.2, 0.25) is 0 Å². The van der Waals surface area contributed by atoms with Crippen LogP contribution >= 0.6 is 0 Å². The summed E-state index contributed by atoms with van der Waals surface area (Å²) in [6.07, 6.45) is 5.07. The molecule has 1 radical (unpaired) electrons. The van der Waals surface area contributed by atoms with Crippen LogP contribution in [-0.2, 0) is 0 Å². The van der Waals surface area contributed by atoms with E-state index in [1.807, 2.05) is 0 Å². The van der Waals surface area contributed by atoms with Gasteiger partial charge in [0.2, 0.25) is 0 Å². The van der Waals surface area contributed by atoms with E-state index in [0.29, 0.717) is 0 Å². The van der Waals surface area contributed by atoms with Gasteiger partial charge in [0, 0.05) is 0 Å². The molecule has 0 saturated carbocycles. The monoisotopic (exact) mass is 125 g/mol. The van der Waals surface area contributed by atoms with Crippen LogP contribution < -0.4 is 0 Å². The molecule has 0 aromatic rings. The van der Waals surface area contributed by atoms with E-state index in [1.165, 1.54) is 19.3 Å². The van der Waals surface area contributed by atoms with E-state index in [-0.39, 0.29) is 51.4 Å². The summed E-state index contributed by atoms with van der Waals surface area (Å²) in [7, 11) is 0. The molecule has 0 atom stereocenters. The molecule has 0 aromatic heterocycles. The van der Waals surface area contributed by atoms with Crippen LogP contribution in [0, 0.1) is 6.92 Å². The van der Waals surface area contributed by atoms with E-state index >= 15 is 0 Å². The molecule has 0 nitrogen and oxygen atoms in total. The van der Waals surface area contributed by atoms with E-state index in [9.17, 15) is 0 Å². The zero-order chi connectivity index (χ0) is 4.83. The fourth-order valence-corrected chi connectivity index (χ4v) is 0.427. The molecule has 0 spiro atoms. The summed E-state index contributed by atoms with van der Waals surface area (Å²) >= 11 is 0. The fraction of sp³-hybridized carbons (Fsp3) is 0.833. The summed E-state index contributed by atoms with van der Waals surface area (Å²) < 4.78 is 0. The van der Waals surface area contributed by atoms with Gasteiger partial charge in [-0.25, -0.2) is 0 Å². The normalized spacial score (nSPS) is 7.71. The van der Waals surface area contributed by atoms with Gasteiger partial charge in [0.05, 0.1) is 0 Å². The van der Waals surface area contributed by atoms with Gasteiger partial charge in [-0.2, -0.15) is 0 Å². The first kappa shape index (κ1) is 11.4. The Morgan fingerprint density at radius 3 is 2.00 bits per heavy atom. The SMILES string of the molecule is [CH2]CCCCC.[KH]. The van der Waals surface area contributed by atoms with Gasteiger partial charge in [0.25, 0.3) is 0 Å². The first-order chi connectivity index (χ1) is 2.91. The predicted molar refractivity (Wildman–Crippen MR) is 36.6 cm³/mol. The van der Waals surface area contributed by atoms with Crippen molar-refractivity contribution >= 4 is 51.4 Å². The summed E-state index contributed by atoms with van der Waals surface area (Å²) in [5.74, 6) is 0. The van der Waals surface area contributed by atoms with Gasteiger partial charge >= 0.3 is 51.4 Å². The van der Waals surface area contributed by atoms with Crippen LogP contribution in [0.5, 0.6) is 0 Å². The third kappa shape index (κ3) is 11.3. The topological polar surface area (TPSA) is 0 Å². The molecular weight excluding hydrogens is 111 g/mol. The molecule has 0 fully saturated rings. The van der Waals surface area contributed by atoms with Crippen LogP contribution in [0.4, 0.5) is 0 Å². The number of hydrogen-bond donors (Lipinski definition) is 0. The molecule has 0 aliphatic heterocycles. The van der Waals surface area contributed by atoms with Gasteiger partial charge in [-0.15, -0.1) is 0 Å². The molecule has 0 amide bonds. The molecule has 0 aliphatic rings. The molecule has 0 aromatic carbocycles. The van der Waals surface area contributed by atoms with Crippen LogP contribution in [0.25, 0.3) is 0 Å². The van der Waals surface area contributed by atoms with Gasteiger partial charge in [-0.05, 0) is 0 Å². The minimum atomic E-state index is 0. The van der Waals surface area contributed by atoms with Crippen molar-refractivity contribution in [1.82, 2.24) is 0 Å². The van der Waals surface area contributed by atoms with Crippen molar-refractivity contribution in [2.75, 3.05) is 0 Å². The summed E-state index contributed by atoms with van der Waals surface area (Å²) in [5.41, 5.74) is 0. The van der Waals surface area contributed by atoms with E-state index < -0.39 is 0 Å². The van der Waals surface area contributed by atoms with Crippen molar-refractivity contribution in [2.45, 2.75) is 32.6 Å². The Morgan fingerprint density at radius 1 is 1.29 bits per heavy atom. The Kier molecular flexibility index (Phi) is 17.3. The Bertz CT molecular complexity index is 16.1. The molecule has 0 heterocycles. The maximum absolute atomic E-state index is 3.72. The van der Waals surface area contributed by atoms with E-state index in [2.05, 4.69) is 13.8 Å². The average molecular weight is 125 g/mol. The summed E-state index contributed by atoms with van der Waals surface area (Å²) in [4.78, 5) is 0. The Labute approximate surface area is 89.5 Å². The molecule has 0 saturated heterocycles. The van der Waals surface area contributed by atoms with Crippen molar-refractivity contribution in [1.29, 1.82) is 0 Å². The molecule has 0 unspecified atom stereocenters. The molecule has 1 heteroatoms. The second kappa shape index (κ2) is 10.6. The predicted octanol–water partition coefficient (Wildman–Crippen LogP) is 1.75. The molecular formula is C6H14K. The Morgan fingerprint density at radius 2 is 1.86 bits per heavy atom. The molecule has 0 aliphatic carbocycles. The third-order valence-electron chi connectivity index (χ3n) is 0.854. The van der Waals surface area contributed by atoms with Crippen LogP contribution in [0.1, 0.15) is 32.6 Å². The van der Waals surface area contributed by atoms with Gasteiger partial charge < -0.3 is 0 Å². The van der Waals surface area contributed by atoms with E-state index in [0.717, 1.165) is 6.42 Å². The first-order valence-corrected chi connectivity index (χ1v) is 2.71. The Balaban J connectivity index is 0. The standard InChI is InChI=1S/C6H13.K.H/c1-3-5-6-4-2;;/h1,3-6H2,2H3;;. The van der Waals surface area contributed by atoms with Crippen LogP contribution in [-0.4, -0.2) is 51.4 Å². The summed E-state index contributed by atoms with van der Waals surface area (Å²) in [5, 5.41) is 0. The van der Waals surface area contributed by atoms with E-state index in [1.54, 1.807) is 0 Å². The maximum atomic E-state index is 3.72. The van der Waals surface area contributed by atoms with Gasteiger partial charge in [0.15, 0.2) is 0 Å². The Hall–Kier alpha value is 1.64. The quantitative estimate of drug-likeness (QED) is 0.398. The second-order valence-electron chi connectivity index (χ2n) is 1.56. The van der Waals surface area contributed by atoms with E-state index in [4.69, 9.17) is 0 Å². The summed E-state index contributed by atoms with van der Waals surface area (Å²) in [6.45, 7) is 5.93. The third-order valence-corrected chi connectivity index (χ3v) is 0.854. The van der Waals surface area contributed by atoms with Crippen molar-refractivity contribution in [2.24, 2.45) is 0 Å². The van der Waals surface area contributed by atoms with Gasteiger partial charge in [-0.3, -0.25) is 0 Å². The molecule has 7 heavy (non-hydrogen) atoms. The first-order valence-electron chi connectivity index (χ1n) is 2.71. The minimum absolute atomic E-state index is 0. The van der Waals surface area contributed by atoms with Crippen LogP contribution in [0.15, 0.2) is 0 Å². The molecule has 0 N–H and O–H groups in total. The second-order valence-corrected chi connectivity index (χ2v) is 1.56. The fourth-order valence-electron chi connectivity index (χ4n) is 0.427. The van der Waals surface area contributed by atoms with Crippen molar-refractivity contribution in [3.63, 3.8) is 0 Å². The summed E-state index contributed by atoms with van der Waals surface area (Å²) in [6, 6.07) is 0. The molecule has 39 valence electrons. The van der Waals surface area contributed by atoms with Crippen molar-refractivity contribution in [3.05, 3.63) is 6.92 Å². The molecule has 0 bridgehead atoms.